The van der Waals surface area contributed by atoms with E-state index >= 15 is 0 Å². The minimum absolute atomic E-state index is 0.00115. The Kier molecular flexibility index (Phi) is 7.49. The monoisotopic (exact) mass is 435 g/mol. The molecule has 0 bridgehead atoms. The summed E-state index contributed by atoms with van der Waals surface area (Å²) >= 11 is 0. The molecule has 1 fully saturated rings. The lowest BCUT2D eigenvalue weighted by Gasteiger charge is -2.20. The molecule has 1 aliphatic rings. The average molecular weight is 436 g/mol. The van der Waals surface area contributed by atoms with E-state index in [1.807, 2.05) is 82.3 Å². The predicted octanol–water partition coefficient (Wildman–Crippen LogP) is 3.92. The second-order valence-electron chi connectivity index (χ2n) is 9.76. The van der Waals surface area contributed by atoms with Crippen LogP contribution in [0.2, 0.25) is 0 Å². The number of ketones is 1. The van der Waals surface area contributed by atoms with Crippen LogP contribution in [0, 0.1) is 17.8 Å². The smallest absolute Gasteiger partial charge is 0.310 e. The summed E-state index contributed by atoms with van der Waals surface area (Å²) in [4.78, 5) is 37.6. The maximum atomic E-state index is 13.2. The van der Waals surface area contributed by atoms with Crippen molar-refractivity contribution in [2.75, 3.05) is 6.54 Å². The lowest BCUT2D eigenvalue weighted by Crippen LogP contribution is -2.33. The Bertz CT molecular complexity index is 944. The third-order valence-corrected chi connectivity index (χ3v) is 5.76. The molecule has 0 spiro atoms. The van der Waals surface area contributed by atoms with Crippen LogP contribution in [-0.4, -0.2) is 29.8 Å². The number of benzene rings is 2. The van der Waals surface area contributed by atoms with Crippen LogP contribution in [-0.2, 0) is 38.4 Å². The maximum Gasteiger partial charge on any atom is 0.310 e. The lowest BCUT2D eigenvalue weighted by molar-refractivity contribution is -0.154. The van der Waals surface area contributed by atoms with Gasteiger partial charge in [-0.25, -0.2) is 0 Å². The van der Waals surface area contributed by atoms with E-state index in [4.69, 9.17) is 4.74 Å². The molecular weight excluding hydrogens is 402 g/mol. The first-order valence-electron chi connectivity index (χ1n) is 11.3. The molecule has 3 atom stereocenters. The molecule has 1 amide bonds. The Hall–Kier alpha value is -2.95. The molecule has 170 valence electrons. The van der Waals surface area contributed by atoms with Gasteiger partial charge in [0.2, 0.25) is 5.91 Å². The molecule has 0 radical (unpaired) electrons. The van der Waals surface area contributed by atoms with E-state index in [0.29, 0.717) is 19.4 Å². The zero-order valence-electron chi connectivity index (χ0n) is 19.4. The summed E-state index contributed by atoms with van der Waals surface area (Å²) < 4.78 is 5.37. The Morgan fingerprint density at radius 2 is 1.62 bits per heavy atom. The van der Waals surface area contributed by atoms with Gasteiger partial charge in [-0.1, -0.05) is 61.5 Å². The molecule has 1 N–H and O–H groups in total. The van der Waals surface area contributed by atoms with Crippen LogP contribution in [0.25, 0.3) is 0 Å². The molecule has 2 aromatic rings. The zero-order valence-corrected chi connectivity index (χ0v) is 19.4. The Morgan fingerprint density at radius 1 is 1.00 bits per heavy atom. The minimum atomic E-state index is -0.600. The van der Waals surface area contributed by atoms with Crippen molar-refractivity contribution in [2.45, 2.75) is 52.6 Å². The summed E-state index contributed by atoms with van der Waals surface area (Å²) in [6.45, 7) is 7.97. The number of carbonyl (C=O) groups excluding carboxylic acids is 3. The summed E-state index contributed by atoms with van der Waals surface area (Å²) in [5.41, 5.74) is 2.52. The average Bonchev–Trinajstić information content (AvgIpc) is 3.08. The number of ether oxygens (including phenoxy) is 1. The van der Waals surface area contributed by atoms with Crippen LogP contribution in [0.3, 0.4) is 0 Å². The van der Waals surface area contributed by atoms with E-state index in [-0.39, 0.29) is 35.9 Å². The number of esters is 1. The van der Waals surface area contributed by atoms with Gasteiger partial charge in [0.25, 0.3) is 0 Å². The van der Waals surface area contributed by atoms with Crippen LogP contribution in [0.1, 0.15) is 44.4 Å². The largest absolute Gasteiger partial charge is 0.460 e. The molecule has 5 nitrogen and oxygen atoms in total. The van der Waals surface area contributed by atoms with Gasteiger partial charge < -0.3 is 10.1 Å². The lowest BCUT2D eigenvalue weighted by atomic mass is 9.80. The van der Waals surface area contributed by atoms with Crippen molar-refractivity contribution in [2.24, 2.45) is 17.8 Å². The predicted molar refractivity (Wildman–Crippen MR) is 124 cm³/mol. The van der Waals surface area contributed by atoms with Gasteiger partial charge in [0.1, 0.15) is 17.3 Å². The molecule has 5 heteroatoms. The Balaban J connectivity index is 1.59. The number of hydrogen-bond acceptors (Lipinski definition) is 4. The number of rotatable bonds is 8. The van der Waals surface area contributed by atoms with Gasteiger partial charge in [-0.3, -0.25) is 14.4 Å². The van der Waals surface area contributed by atoms with Gasteiger partial charge in [-0.05, 0) is 56.2 Å². The SMILES string of the molecule is C[C@H](Cc1ccc(CC(=O)OC(C)(C)C)cc1)C(=O)[C@H]1C(=O)NCC1Cc1ccccc1. The van der Waals surface area contributed by atoms with Crippen molar-refractivity contribution in [3.8, 4) is 0 Å². The number of carbonyl (C=O) groups is 3. The summed E-state index contributed by atoms with van der Waals surface area (Å²) in [5.74, 6) is -1.30. The topological polar surface area (TPSA) is 72.5 Å². The summed E-state index contributed by atoms with van der Waals surface area (Å²) in [7, 11) is 0. The summed E-state index contributed by atoms with van der Waals surface area (Å²) in [6, 6.07) is 17.7. The molecule has 2 aromatic carbocycles. The Labute approximate surface area is 190 Å². The van der Waals surface area contributed by atoms with Crippen LogP contribution >= 0.6 is 0 Å². The van der Waals surface area contributed by atoms with E-state index < -0.39 is 11.5 Å². The molecular formula is C27H33NO4. The second kappa shape index (κ2) is 10.1. The normalized spacial score (nSPS) is 19.3. The van der Waals surface area contributed by atoms with Gasteiger partial charge in [0, 0.05) is 12.5 Å². The minimum Gasteiger partial charge on any atom is -0.460 e. The van der Waals surface area contributed by atoms with Gasteiger partial charge in [-0.15, -0.1) is 0 Å². The molecule has 1 aliphatic heterocycles. The highest BCUT2D eigenvalue weighted by Crippen LogP contribution is 2.27. The number of nitrogens with one attached hydrogen (secondary N) is 1. The van der Waals surface area contributed by atoms with Crippen LogP contribution in [0.5, 0.6) is 0 Å². The molecule has 1 saturated heterocycles. The first-order chi connectivity index (χ1) is 15.1. The Morgan fingerprint density at radius 3 is 2.25 bits per heavy atom. The van der Waals surface area contributed by atoms with E-state index in [1.54, 1.807) is 0 Å². The van der Waals surface area contributed by atoms with E-state index in [2.05, 4.69) is 5.32 Å². The molecule has 0 aromatic heterocycles. The van der Waals surface area contributed by atoms with E-state index in [9.17, 15) is 14.4 Å². The fourth-order valence-electron chi connectivity index (χ4n) is 4.24. The first kappa shape index (κ1) is 23.7. The number of Topliss-reactive ketones (excluding diaryl/α,β-unsaturated/α-hetero) is 1. The quantitative estimate of drug-likeness (QED) is 0.504. The van der Waals surface area contributed by atoms with E-state index in [0.717, 1.165) is 16.7 Å². The number of hydrogen-bond donors (Lipinski definition) is 1. The molecule has 0 aliphatic carbocycles. The highest BCUT2D eigenvalue weighted by molar-refractivity contribution is 6.04. The molecule has 32 heavy (non-hydrogen) atoms. The van der Waals surface area contributed by atoms with Crippen molar-refractivity contribution in [1.82, 2.24) is 5.32 Å². The van der Waals surface area contributed by atoms with Crippen molar-refractivity contribution in [3.63, 3.8) is 0 Å². The summed E-state index contributed by atoms with van der Waals surface area (Å²) in [6.07, 6.45) is 1.49. The van der Waals surface area contributed by atoms with Gasteiger partial charge in [0.15, 0.2) is 0 Å². The molecule has 3 rings (SSSR count). The zero-order chi connectivity index (χ0) is 23.3. The van der Waals surface area contributed by atoms with Crippen LogP contribution < -0.4 is 5.32 Å². The maximum absolute atomic E-state index is 13.2. The fourth-order valence-corrected chi connectivity index (χ4v) is 4.24. The molecule has 0 saturated carbocycles. The fraction of sp³-hybridized carbons (Fsp3) is 0.444. The van der Waals surface area contributed by atoms with Crippen LogP contribution in [0.4, 0.5) is 0 Å². The first-order valence-corrected chi connectivity index (χ1v) is 11.3. The van der Waals surface area contributed by atoms with Gasteiger partial charge in [0.05, 0.1) is 6.42 Å². The molecule has 1 heterocycles. The highest BCUT2D eigenvalue weighted by atomic mass is 16.6. The molecule has 1 unspecified atom stereocenters. The number of amides is 1. The van der Waals surface area contributed by atoms with Gasteiger partial charge >= 0.3 is 5.97 Å². The van der Waals surface area contributed by atoms with Crippen molar-refractivity contribution in [1.29, 1.82) is 0 Å². The third kappa shape index (κ3) is 6.52. The van der Waals surface area contributed by atoms with E-state index in [1.165, 1.54) is 0 Å². The van der Waals surface area contributed by atoms with Gasteiger partial charge in [-0.2, -0.15) is 0 Å². The van der Waals surface area contributed by atoms with Crippen molar-refractivity contribution in [3.05, 3.63) is 71.3 Å². The van der Waals surface area contributed by atoms with Crippen molar-refractivity contribution >= 4 is 17.7 Å². The third-order valence-electron chi connectivity index (χ3n) is 5.76. The van der Waals surface area contributed by atoms with Crippen LogP contribution in [0.15, 0.2) is 54.6 Å². The standard InChI is InChI=1S/C27H33NO4/c1-18(14-20-10-12-21(13-11-20)16-23(29)32-27(2,3)4)25(30)24-22(17-28-26(24)31)15-19-8-6-5-7-9-19/h5-13,18,22,24H,14-17H2,1-4H3,(H,28,31)/t18-,22?,24+/m1/s1. The summed E-state index contributed by atoms with van der Waals surface area (Å²) in [5, 5.41) is 2.88. The highest BCUT2D eigenvalue weighted by Gasteiger charge is 2.41. The van der Waals surface area contributed by atoms with Crippen molar-refractivity contribution < 1.29 is 19.1 Å². The second-order valence-corrected chi connectivity index (χ2v) is 9.76.